The molecule has 3 fully saturated rings. The van der Waals surface area contributed by atoms with Gasteiger partial charge in [-0.25, -0.2) is 0 Å². The molecule has 0 unspecified atom stereocenters. The number of nitrogens with zero attached hydrogens (tertiary/aromatic N) is 1. The molecule has 160 valence electrons. The Morgan fingerprint density at radius 3 is 2.59 bits per heavy atom. The second-order valence-corrected chi connectivity index (χ2v) is 9.51. The number of nitrogens with one attached hydrogen (secondary N) is 1. The van der Waals surface area contributed by atoms with Crippen LogP contribution in [0.3, 0.4) is 0 Å². The van der Waals surface area contributed by atoms with Gasteiger partial charge < -0.3 is 19.7 Å². The highest BCUT2D eigenvalue weighted by Crippen LogP contribution is 2.46. The van der Waals surface area contributed by atoms with E-state index >= 15 is 0 Å². The van der Waals surface area contributed by atoms with Gasteiger partial charge in [-0.2, -0.15) is 0 Å². The maximum Gasteiger partial charge on any atom is 0.293 e. The first-order valence-corrected chi connectivity index (χ1v) is 11.5. The quantitative estimate of drug-likeness (QED) is 0.577. The van der Waals surface area contributed by atoms with Crippen LogP contribution in [0, 0.1) is 11.8 Å². The Hall–Kier alpha value is -1.75. The van der Waals surface area contributed by atoms with Gasteiger partial charge in [0.2, 0.25) is 0 Å². The number of hydrogen-bond donors (Lipinski definition) is 1. The number of hydrogen-bond acceptors (Lipinski definition) is 5. The monoisotopic (exact) mass is 400 g/mol. The molecule has 5 nitrogen and oxygen atoms in total. The van der Waals surface area contributed by atoms with Crippen LogP contribution >= 0.6 is 0 Å². The minimum Gasteiger partial charge on any atom is -0.456 e. The average molecular weight is 401 g/mol. The second-order valence-electron chi connectivity index (χ2n) is 9.51. The lowest BCUT2D eigenvalue weighted by atomic mass is 9.74. The molecule has 0 aromatic heterocycles. The Labute approximate surface area is 175 Å². The molecule has 1 aliphatic heterocycles. The van der Waals surface area contributed by atoms with Crippen LogP contribution in [-0.4, -0.2) is 38.8 Å². The van der Waals surface area contributed by atoms with Crippen LogP contribution in [0.4, 0.5) is 11.4 Å². The van der Waals surface area contributed by atoms with Crippen LogP contribution in [0.2, 0.25) is 0 Å². The smallest absolute Gasteiger partial charge is 0.293 e. The molecule has 0 atom stereocenters. The molecule has 5 heteroatoms. The Balaban J connectivity index is 1.65. The molecular formula is C24H36N2O3. The number of carbonyl (C=O) groups excluding carboxylic acids is 1. The molecule has 0 bridgehead atoms. The first kappa shape index (κ1) is 20.5. The maximum absolute atomic E-state index is 11.1. The zero-order chi connectivity index (χ0) is 20.3. The van der Waals surface area contributed by atoms with E-state index in [4.69, 9.17) is 9.47 Å². The molecule has 1 aromatic carbocycles. The summed E-state index contributed by atoms with van der Waals surface area (Å²) in [6, 6.07) is 7.22. The van der Waals surface area contributed by atoms with Crippen LogP contribution in [0.5, 0.6) is 0 Å². The fraction of sp³-hybridized carbons (Fsp3) is 0.708. The Morgan fingerprint density at radius 2 is 2.00 bits per heavy atom. The van der Waals surface area contributed by atoms with Crippen LogP contribution in [0.25, 0.3) is 0 Å². The van der Waals surface area contributed by atoms with E-state index in [1.807, 2.05) is 0 Å². The van der Waals surface area contributed by atoms with Crippen LogP contribution < -0.4 is 10.2 Å². The molecule has 29 heavy (non-hydrogen) atoms. The summed E-state index contributed by atoms with van der Waals surface area (Å²) in [7, 11) is 0. The predicted octanol–water partition coefficient (Wildman–Crippen LogP) is 4.70. The molecule has 2 saturated carbocycles. The first-order valence-electron chi connectivity index (χ1n) is 11.5. The van der Waals surface area contributed by atoms with E-state index in [1.165, 1.54) is 24.2 Å². The number of benzene rings is 1. The Morgan fingerprint density at radius 1 is 1.24 bits per heavy atom. The van der Waals surface area contributed by atoms with Gasteiger partial charge >= 0.3 is 0 Å². The topological polar surface area (TPSA) is 50.8 Å². The number of ether oxygens (including phenoxy) is 2. The van der Waals surface area contributed by atoms with E-state index in [-0.39, 0.29) is 0 Å². The van der Waals surface area contributed by atoms with Crippen molar-refractivity contribution >= 4 is 17.8 Å². The lowest BCUT2D eigenvalue weighted by Gasteiger charge is -2.42. The van der Waals surface area contributed by atoms with Crippen LogP contribution in [0.15, 0.2) is 18.2 Å². The molecule has 1 saturated heterocycles. The zero-order valence-electron chi connectivity index (χ0n) is 18.0. The van der Waals surface area contributed by atoms with Gasteiger partial charge in [0, 0.05) is 32.3 Å². The summed E-state index contributed by atoms with van der Waals surface area (Å²) in [5.41, 5.74) is 3.20. The fourth-order valence-electron chi connectivity index (χ4n) is 4.69. The number of carbonyl (C=O) groups is 1. The number of rotatable bonds is 10. The van der Waals surface area contributed by atoms with Gasteiger partial charge in [0.1, 0.15) is 5.60 Å². The van der Waals surface area contributed by atoms with Crippen LogP contribution in [-0.2, 0) is 19.9 Å². The van der Waals surface area contributed by atoms with E-state index in [0.717, 1.165) is 69.9 Å². The molecule has 3 aliphatic rings. The van der Waals surface area contributed by atoms with Gasteiger partial charge in [-0.15, -0.1) is 0 Å². The molecule has 4 rings (SSSR count). The van der Waals surface area contributed by atoms with Gasteiger partial charge in [0.15, 0.2) is 0 Å². The second kappa shape index (κ2) is 8.95. The summed E-state index contributed by atoms with van der Waals surface area (Å²) in [6.07, 6.45) is 7.77. The summed E-state index contributed by atoms with van der Waals surface area (Å²) in [5, 5.41) is 3.75. The molecule has 1 aromatic rings. The van der Waals surface area contributed by atoms with Gasteiger partial charge in [-0.1, -0.05) is 19.9 Å². The summed E-state index contributed by atoms with van der Waals surface area (Å²) in [6.45, 7) is 8.96. The molecule has 1 heterocycles. The van der Waals surface area contributed by atoms with Crippen molar-refractivity contribution in [1.82, 2.24) is 0 Å². The van der Waals surface area contributed by atoms with E-state index < -0.39 is 5.60 Å². The van der Waals surface area contributed by atoms with E-state index in [9.17, 15) is 4.79 Å². The molecule has 1 N–H and O–H groups in total. The minimum absolute atomic E-state index is 0.419. The third-order valence-corrected chi connectivity index (χ3v) is 6.74. The van der Waals surface area contributed by atoms with Crippen molar-refractivity contribution < 1.29 is 14.3 Å². The van der Waals surface area contributed by atoms with E-state index in [1.54, 1.807) is 0 Å². The number of anilines is 2. The van der Waals surface area contributed by atoms with Gasteiger partial charge in [0.05, 0.1) is 11.4 Å². The summed E-state index contributed by atoms with van der Waals surface area (Å²) >= 11 is 0. The summed E-state index contributed by atoms with van der Waals surface area (Å²) in [5.74, 6) is 1.39. The standard InChI is InChI=1S/C24H36N2O3/c1-18(2)16-26(21-8-12-28-13-9-21)23-7-6-20(24(29-17-27)10-3-11-24)14-22(23)25-15-19-4-5-19/h6-7,14,17-19,21,25H,3-5,8-13,15-16H2,1-2H3. The SMILES string of the molecule is CC(C)CN(c1ccc(C2(OC=O)CCC2)cc1NCC1CC1)C1CCOCC1. The summed E-state index contributed by atoms with van der Waals surface area (Å²) in [4.78, 5) is 13.7. The summed E-state index contributed by atoms with van der Waals surface area (Å²) < 4.78 is 11.2. The zero-order valence-corrected chi connectivity index (χ0v) is 18.0. The predicted molar refractivity (Wildman–Crippen MR) is 116 cm³/mol. The lowest BCUT2D eigenvalue weighted by molar-refractivity contribution is -0.155. The molecule has 2 aliphatic carbocycles. The van der Waals surface area contributed by atoms with Crippen molar-refractivity contribution in [1.29, 1.82) is 0 Å². The lowest BCUT2D eigenvalue weighted by Crippen LogP contribution is -2.42. The van der Waals surface area contributed by atoms with Crippen molar-refractivity contribution in [3.05, 3.63) is 23.8 Å². The van der Waals surface area contributed by atoms with Crippen molar-refractivity contribution in [2.75, 3.05) is 36.5 Å². The largest absolute Gasteiger partial charge is 0.456 e. The highest BCUT2D eigenvalue weighted by atomic mass is 16.5. The highest BCUT2D eigenvalue weighted by Gasteiger charge is 2.41. The molecular weight excluding hydrogens is 364 g/mol. The van der Waals surface area contributed by atoms with E-state index in [0.29, 0.717) is 18.4 Å². The van der Waals surface area contributed by atoms with Gasteiger partial charge in [-0.3, -0.25) is 4.79 Å². The molecule has 0 radical (unpaired) electrons. The van der Waals surface area contributed by atoms with Gasteiger partial charge in [-0.05, 0) is 74.5 Å². The minimum atomic E-state index is -0.419. The van der Waals surface area contributed by atoms with Gasteiger partial charge in [0.25, 0.3) is 6.47 Å². The van der Waals surface area contributed by atoms with Crippen molar-refractivity contribution in [2.24, 2.45) is 11.8 Å². The highest BCUT2D eigenvalue weighted by molar-refractivity contribution is 5.72. The fourth-order valence-corrected chi connectivity index (χ4v) is 4.69. The third kappa shape index (κ3) is 4.71. The third-order valence-electron chi connectivity index (χ3n) is 6.74. The Bertz CT molecular complexity index is 691. The maximum atomic E-state index is 11.1. The van der Waals surface area contributed by atoms with Crippen molar-refractivity contribution in [3.63, 3.8) is 0 Å². The molecule has 0 amide bonds. The molecule has 0 spiro atoms. The normalized spacial score (nSPS) is 21.5. The van der Waals surface area contributed by atoms with Crippen molar-refractivity contribution in [3.8, 4) is 0 Å². The van der Waals surface area contributed by atoms with Crippen LogP contribution in [0.1, 0.15) is 64.4 Å². The van der Waals surface area contributed by atoms with Crippen molar-refractivity contribution in [2.45, 2.75) is 70.4 Å². The van der Waals surface area contributed by atoms with E-state index in [2.05, 4.69) is 42.3 Å². The first-order chi connectivity index (χ1) is 14.1. The Kier molecular flexibility index (Phi) is 6.33. The average Bonchev–Trinajstić information content (AvgIpc) is 3.52.